The van der Waals surface area contributed by atoms with E-state index in [0.29, 0.717) is 11.6 Å². The van der Waals surface area contributed by atoms with Crippen molar-refractivity contribution < 1.29 is 5.11 Å². The number of hydrogen-bond acceptors (Lipinski definition) is 4. The molecule has 0 saturated carbocycles. The molecule has 0 aromatic heterocycles. The summed E-state index contributed by atoms with van der Waals surface area (Å²) in [4.78, 5) is 2.44. The second-order valence-electron chi connectivity index (χ2n) is 5.83. The molecule has 1 aromatic rings. The second-order valence-corrected chi connectivity index (χ2v) is 6.68. The van der Waals surface area contributed by atoms with Gasteiger partial charge in [-0.15, -0.1) is 0 Å². The third-order valence-corrected chi connectivity index (χ3v) is 4.51. The number of benzene rings is 1. The maximum Gasteiger partial charge on any atom is 0.144 e. The van der Waals surface area contributed by atoms with Gasteiger partial charge in [-0.3, -0.25) is 4.90 Å². The molecule has 0 amide bonds. The number of hydrogen-bond donors (Lipinski definition) is 3. The Balaban J connectivity index is 2.37. The average Bonchev–Trinajstić information content (AvgIpc) is 2.43. The minimum absolute atomic E-state index is 0.204. The van der Waals surface area contributed by atoms with Crippen molar-refractivity contribution in [1.29, 1.82) is 0 Å². The fraction of sp³-hybridized carbons (Fsp3) is 0.600. The Morgan fingerprint density at radius 3 is 2.60 bits per heavy atom. The average molecular weight is 342 g/mol. The van der Waals surface area contributed by atoms with E-state index in [1.807, 2.05) is 6.07 Å². The highest BCUT2D eigenvalue weighted by molar-refractivity contribution is 9.10. The number of rotatable bonds is 4. The monoisotopic (exact) mass is 341 g/mol. The smallest absolute Gasteiger partial charge is 0.144 e. The molecule has 112 valence electrons. The zero-order valence-electron chi connectivity index (χ0n) is 12.2. The van der Waals surface area contributed by atoms with Gasteiger partial charge in [-0.2, -0.15) is 0 Å². The fourth-order valence-electron chi connectivity index (χ4n) is 2.81. The summed E-state index contributed by atoms with van der Waals surface area (Å²) in [5.74, 6) is 0.783. The van der Waals surface area contributed by atoms with Crippen LogP contribution in [-0.4, -0.2) is 36.2 Å². The largest absolute Gasteiger partial charge is 0.505 e. The molecule has 0 aliphatic carbocycles. The summed E-state index contributed by atoms with van der Waals surface area (Å²) < 4.78 is 0.938. The molecule has 0 bridgehead atoms. The third kappa shape index (κ3) is 3.45. The highest BCUT2D eigenvalue weighted by Gasteiger charge is 2.27. The van der Waals surface area contributed by atoms with E-state index in [2.05, 4.69) is 40.0 Å². The molecule has 1 aliphatic rings. The van der Waals surface area contributed by atoms with Gasteiger partial charge in [0, 0.05) is 42.3 Å². The van der Waals surface area contributed by atoms with E-state index in [4.69, 9.17) is 5.73 Å². The van der Waals surface area contributed by atoms with Crippen LogP contribution in [0, 0.1) is 5.92 Å². The Kier molecular flexibility index (Phi) is 5.29. The first-order valence-electron chi connectivity index (χ1n) is 7.22. The maximum atomic E-state index is 10.4. The van der Waals surface area contributed by atoms with Crippen LogP contribution in [-0.2, 0) is 0 Å². The third-order valence-electron chi connectivity index (χ3n) is 3.82. The Morgan fingerprint density at radius 2 is 2.00 bits per heavy atom. The van der Waals surface area contributed by atoms with E-state index >= 15 is 0 Å². The minimum atomic E-state index is 0.204. The molecule has 1 fully saturated rings. The van der Waals surface area contributed by atoms with Gasteiger partial charge >= 0.3 is 0 Å². The first-order valence-corrected chi connectivity index (χ1v) is 8.01. The summed E-state index contributed by atoms with van der Waals surface area (Å²) in [5, 5.41) is 13.8. The molecule has 1 saturated heterocycles. The lowest BCUT2D eigenvalue weighted by atomic mass is 9.94. The molecule has 2 rings (SSSR count). The zero-order chi connectivity index (χ0) is 14.7. The SMILES string of the molecule is CC(C)C[C@@H](c1c(Br)ccc(N)c1O)N1CCNCC1. The van der Waals surface area contributed by atoms with Gasteiger partial charge in [-0.25, -0.2) is 0 Å². The highest BCUT2D eigenvalue weighted by atomic mass is 79.9. The summed E-state index contributed by atoms with van der Waals surface area (Å²) in [6.07, 6.45) is 1.01. The van der Waals surface area contributed by atoms with Crippen LogP contribution in [0.4, 0.5) is 5.69 Å². The number of nitrogens with one attached hydrogen (secondary N) is 1. The maximum absolute atomic E-state index is 10.4. The van der Waals surface area contributed by atoms with E-state index in [-0.39, 0.29) is 11.8 Å². The van der Waals surface area contributed by atoms with Gasteiger partial charge < -0.3 is 16.2 Å². The summed E-state index contributed by atoms with van der Waals surface area (Å²) in [6.45, 7) is 8.42. The van der Waals surface area contributed by atoms with Crippen molar-refractivity contribution in [3.05, 3.63) is 22.2 Å². The number of nitrogens with zero attached hydrogens (tertiary/aromatic N) is 1. The summed E-state index contributed by atoms with van der Waals surface area (Å²) in [5.41, 5.74) is 7.27. The molecule has 20 heavy (non-hydrogen) atoms. The Hall–Kier alpha value is -0.780. The lowest BCUT2D eigenvalue weighted by Gasteiger charge is -2.37. The van der Waals surface area contributed by atoms with E-state index in [1.54, 1.807) is 6.07 Å². The Morgan fingerprint density at radius 1 is 1.35 bits per heavy atom. The van der Waals surface area contributed by atoms with Crippen LogP contribution < -0.4 is 11.1 Å². The molecule has 5 heteroatoms. The standard InChI is InChI=1S/C15H24BrN3O/c1-10(2)9-13(19-7-5-18-6-8-19)14-11(16)3-4-12(17)15(14)20/h3-4,10,13,18,20H,5-9,17H2,1-2H3/t13-/m0/s1. The van der Waals surface area contributed by atoms with Gasteiger partial charge in [0.2, 0.25) is 0 Å². The number of phenols is 1. The van der Waals surface area contributed by atoms with Crippen LogP contribution >= 0.6 is 15.9 Å². The van der Waals surface area contributed by atoms with E-state index in [1.165, 1.54) is 0 Å². The molecule has 1 aromatic carbocycles. The quantitative estimate of drug-likeness (QED) is 0.582. The Bertz CT molecular complexity index is 459. The number of anilines is 1. The molecule has 1 heterocycles. The topological polar surface area (TPSA) is 61.5 Å². The van der Waals surface area contributed by atoms with Crippen molar-refractivity contribution in [2.24, 2.45) is 5.92 Å². The van der Waals surface area contributed by atoms with Crippen LogP contribution in [0.1, 0.15) is 31.9 Å². The number of aromatic hydroxyl groups is 1. The molecule has 1 atom stereocenters. The van der Waals surface area contributed by atoms with Gasteiger partial charge in [0.25, 0.3) is 0 Å². The normalized spacial score (nSPS) is 18.4. The predicted molar refractivity (Wildman–Crippen MR) is 86.9 cm³/mol. The van der Waals surface area contributed by atoms with Crippen LogP contribution in [0.25, 0.3) is 0 Å². The summed E-state index contributed by atoms with van der Waals surface area (Å²) >= 11 is 3.58. The van der Waals surface area contributed by atoms with Crippen LogP contribution in [0.5, 0.6) is 5.75 Å². The van der Waals surface area contributed by atoms with Crippen LogP contribution in [0.2, 0.25) is 0 Å². The fourth-order valence-corrected chi connectivity index (χ4v) is 3.39. The zero-order valence-corrected chi connectivity index (χ0v) is 13.8. The van der Waals surface area contributed by atoms with Gasteiger partial charge in [-0.1, -0.05) is 29.8 Å². The van der Waals surface area contributed by atoms with Crippen LogP contribution in [0.15, 0.2) is 16.6 Å². The Labute approximate surface area is 129 Å². The number of halogens is 1. The van der Waals surface area contributed by atoms with Gasteiger partial charge in [-0.05, 0) is 24.5 Å². The molecule has 0 radical (unpaired) electrons. The van der Waals surface area contributed by atoms with Crippen molar-refractivity contribution in [2.45, 2.75) is 26.3 Å². The van der Waals surface area contributed by atoms with Crippen molar-refractivity contribution in [3.63, 3.8) is 0 Å². The summed E-state index contributed by atoms with van der Waals surface area (Å²) in [7, 11) is 0. The molecule has 4 N–H and O–H groups in total. The van der Waals surface area contributed by atoms with Gasteiger partial charge in [0.05, 0.1) is 5.69 Å². The van der Waals surface area contributed by atoms with E-state index < -0.39 is 0 Å². The van der Waals surface area contributed by atoms with Crippen molar-refractivity contribution in [3.8, 4) is 5.75 Å². The van der Waals surface area contributed by atoms with Crippen LogP contribution in [0.3, 0.4) is 0 Å². The highest BCUT2D eigenvalue weighted by Crippen LogP contribution is 2.41. The first kappa shape index (κ1) is 15.6. The summed E-state index contributed by atoms with van der Waals surface area (Å²) in [6, 6.07) is 3.88. The molecule has 0 spiro atoms. The number of nitrogens with two attached hydrogens (primary N) is 1. The first-order chi connectivity index (χ1) is 9.50. The van der Waals surface area contributed by atoms with Crippen molar-refractivity contribution in [2.75, 3.05) is 31.9 Å². The molecule has 0 unspecified atom stereocenters. The molecule has 1 aliphatic heterocycles. The second kappa shape index (κ2) is 6.78. The van der Waals surface area contributed by atoms with Crippen molar-refractivity contribution in [1.82, 2.24) is 10.2 Å². The van der Waals surface area contributed by atoms with E-state index in [0.717, 1.165) is 42.6 Å². The van der Waals surface area contributed by atoms with Gasteiger partial charge in [0.1, 0.15) is 5.75 Å². The lowest BCUT2D eigenvalue weighted by Crippen LogP contribution is -2.45. The number of phenolic OH excluding ortho intramolecular Hbond substituents is 1. The molecular weight excluding hydrogens is 318 g/mol. The number of nitrogen functional groups attached to an aromatic ring is 1. The minimum Gasteiger partial charge on any atom is -0.505 e. The predicted octanol–water partition coefficient (Wildman–Crippen LogP) is 2.73. The van der Waals surface area contributed by atoms with Gasteiger partial charge in [0.15, 0.2) is 0 Å². The van der Waals surface area contributed by atoms with Crippen molar-refractivity contribution >= 4 is 21.6 Å². The lowest BCUT2D eigenvalue weighted by molar-refractivity contribution is 0.151. The number of piperazine rings is 1. The molecular formula is C15H24BrN3O. The van der Waals surface area contributed by atoms with E-state index in [9.17, 15) is 5.11 Å². The molecule has 4 nitrogen and oxygen atoms in total.